The summed E-state index contributed by atoms with van der Waals surface area (Å²) in [6, 6.07) is 7.86. The van der Waals surface area contributed by atoms with Crippen LogP contribution < -0.4 is 16.0 Å². The Kier molecular flexibility index (Phi) is 17.5. The topological polar surface area (TPSA) is 158 Å². The number of alkyl carbamates (subject to hydrolysis) is 1. The number of hydrogen-bond donors (Lipinski definition) is 3. The van der Waals surface area contributed by atoms with Crippen molar-refractivity contribution in [3.63, 3.8) is 0 Å². The number of nitrogens with zero attached hydrogens (tertiary/aromatic N) is 4. The van der Waals surface area contributed by atoms with Gasteiger partial charge in [-0.15, -0.1) is 21.5 Å². The van der Waals surface area contributed by atoms with Gasteiger partial charge in [0.05, 0.1) is 38.7 Å². The quantitative estimate of drug-likeness (QED) is 0.0933. The predicted molar refractivity (Wildman–Crippen MR) is 223 cm³/mol. The van der Waals surface area contributed by atoms with Crippen molar-refractivity contribution >= 4 is 46.6 Å². The number of carbonyl (C=O) groups excluding carboxylic acids is 3. The lowest BCUT2D eigenvalue weighted by atomic mass is 10.00. The van der Waals surface area contributed by atoms with E-state index in [-0.39, 0.29) is 17.9 Å². The largest absolute Gasteiger partial charge is 0.449 e. The van der Waals surface area contributed by atoms with E-state index in [0.717, 1.165) is 76.9 Å². The number of hydrogen-bond acceptors (Lipinski definition) is 10. The highest BCUT2D eigenvalue weighted by molar-refractivity contribution is 7.15. The second-order valence-electron chi connectivity index (χ2n) is 14.6. The summed E-state index contributed by atoms with van der Waals surface area (Å²) in [6.07, 6.45) is 11.9. The number of benzene rings is 1. The van der Waals surface area contributed by atoms with E-state index < -0.39 is 0 Å². The maximum Gasteiger partial charge on any atom is 0.407 e. The summed E-state index contributed by atoms with van der Waals surface area (Å²) in [5.74, 6) is 3.73. The van der Waals surface area contributed by atoms with Gasteiger partial charge in [0.15, 0.2) is 5.82 Å². The van der Waals surface area contributed by atoms with Crippen LogP contribution in [0.25, 0.3) is 5.00 Å². The van der Waals surface area contributed by atoms with Gasteiger partial charge in [-0.05, 0) is 94.7 Å². The molecule has 0 saturated heterocycles. The van der Waals surface area contributed by atoms with Crippen molar-refractivity contribution in [2.24, 2.45) is 22.7 Å². The molecule has 13 nitrogen and oxygen atoms in total. The van der Waals surface area contributed by atoms with Gasteiger partial charge < -0.3 is 30.2 Å². The molecule has 2 unspecified atom stereocenters. The van der Waals surface area contributed by atoms with Crippen LogP contribution in [0.15, 0.2) is 41.4 Å². The first-order chi connectivity index (χ1) is 27.6. The Balaban J connectivity index is 0.000000232. The summed E-state index contributed by atoms with van der Waals surface area (Å²) in [5, 5.41) is 18.7. The zero-order valence-corrected chi connectivity index (χ0v) is 35.3. The molecule has 2 aromatic heterocycles. The third-order valence-electron chi connectivity index (χ3n) is 10.5. The van der Waals surface area contributed by atoms with Crippen LogP contribution in [0.5, 0.6) is 0 Å². The number of aliphatic imine (C=N–C) groups is 1. The van der Waals surface area contributed by atoms with Gasteiger partial charge in [0.1, 0.15) is 17.4 Å². The van der Waals surface area contributed by atoms with E-state index in [0.29, 0.717) is 71.6 Å². The van der Waals surface area contributed by atoms with Crippen LogP contribution in [0.3, 0.4) is 0 Å². The smallest absolute Gasteiger partial charge is 0.407 e. The van der Waals surface area contributed by atoms with Crippen molar-refractivity contribution in [1.29, 1.82) is 0 Å². The SMILES string of the molecule is CC(=O)NCCOCCOCCNC(=O)CCCCCNC(=O)OCC1C2CC/C=C/CCC21.Cc1sc2c(c1C)C(c1ccc(Cl)cc1)=NCc1nnc(C)n1-2. The zero-order valence-electron chi connectivity index (χ0n) is 33.7. The van der Waals surface area contributed by atoms with E-state index in [1.54, 1.807) is 11.3 Å². The molecule has 0 bridgehead atoms. The van der Waals surface area contributed by atoms with Gasteiger partial charge in [0, 0.05) is 54.0 Å². The van der Waals surface area contributed by atoms with Crippen LogP contribution in [0, 0.1) is 38.5 Å². The number of ether oxygens (including phenoxy) is 3. The summed E-state index contributed by atoms with van der Waals surface area (Å²) >= 11 is 7.80. The van der Waals surface area contributed by atoms with E-state index in [9.17, 15) is 14.4 Å². The van der Waals surface area contributed by atoms with E-state index in [1.807, 2.05) is 31.2 Å². The Labute approximate surface area is 345 Å². The fourth-order valence-electron chi connectivity index (χ4n) is 7.30. The summed E-state index contributed by atoms with van der Waals surface area (Å²) in [5.41, 5.74) is 4.52. The molecule has 15 heteroatoms. The summed E-state index contributed by atoms with van der Waals surface area (Å²) < 4.78 is 18.2. The number of nitrogens with one attached hydrogen (secondary N) is 3. The molecule has 3 N–H and O–H groups in total. The van der Waals surface area contributed by atoms with Crippen LogP contribution in [0.4, 0.5) is 4.79 Å². The molecular weight excluding hydrogens is 766 g/mol. The number of rotatable bonds is 18. The number of thiophene rings is 1. The standard InChI is InChI=1S/C25H43N3O6.C17H15ClN4S/c1-20(29)26-13-15-32-17-18-33-16-14-27-24(30)11-7-4-8-12-28-25(31)34-19-23-21-9-5-2-3-6-10-22(21)23;1-9-10(2)23-17-15(9)16(12-4-6-13(18)7-5-12)19-8-14-21-20-11(3)22(14)17/h2-3,21-23H,4-19H2,1H3,(H,26,29)(H,27,30)(H,28,31);4-7H,8H2,1-3H3/b3-2+;. The molecule has 3 aromatic rings. The number of aromatic nitrogens is 3. The number of carbonyl (C=O) groups is 3. The summed E-state index contributed by atoms with van der Waals surface area (Å²) in [7, 11) is 0. The van der Waals surface area contributed by atoms with Crippen LogP contribution >= 0.6 is 22.9 Å². The molecule has 1 aromatic carbocycles. The van der Waals surface area contributed by atoms with Crippen LogP contribution in [0.1, 0.15) is 91.5 Å². The molecular formula is C42H58ClN7O6S. The number of amides is 3. The van der Waals surface area contributed by atoms with Gasteiger partial charge in [-0.3, -0.25) is 19.1 Å². The highest BCUT2D eigenvalue weighted by Gasteiger charge is 2.49. The first kappa shape index (κ1) is 44.0. The Morgan fingerprint density at radius 1 is 0.860 bits per heavy atom. The second-order valence-corrected chi connectivity index (χ2v) is 16.3. The van der Waals surface area contributed by atoms with Gasteiger partial charge >= 0.3 is 6.09 Å². The Bertz CT molecular complexity index is 1830. The normalized spacial score (nSPS) is 18.5. The Morgan fingerprint density at radius 3 is 2.23 bits per heavy atom. The van der Waals surface area contributed by atoms with Crippen molar-refractivity contribution in [3.8, 4) is 5.00 Å². The minimum absolute atomic E-state index is 0.00947. The molecule has 3 heterocycles. The zero-order chi connectivity index (χ0) is 40.6. The molecule has 1 aliphatic heterocycles. The molecule has 0 radical (unpaired) electrons. The van der Waals surface area contributed by atoms with Crippen molar-refractivity contribution in [2.75, 3.05) is 52.7 Å². The maximum absolute atomic E-state index is 11.9. The van der Waals surface area contributed by atoms with Crippen molar-refractivity contribution in [3.05, 3.63) is 74.7 Å². The van der Waals surface area contributed by atoms with Crippen LogP contribution in [-0.4, -0.2) is 91.1 Å². The van der Waals surface area contributed by atoms with Crippen LogP contribution in [0.2, 0.25) is 5.02 Å². The molecule has 2 atom stereocenters. The average Bonchev–Trinajstić information content (AvgIpc) is 3.61. The fraction of sp³-hybridized carbons (Fsp3) is 0.571. The average molecular weight is 824 g/mol. The molecule has 3 aliphatic rings. The van der Waals surface area contributed by atoms with Gasteiger partial charge in [-0.1, -0.05) is 42.3 Å². The third-order valence-corrected chi connectivity index (χ3v) is 12.0. The second kappa shape index (κ2) is 22.7. The van der Waals surface area contributed by atoms with Crippen molar-refractivity contribution in [1.82, 2.24) is 30.7 Å². The van der Waals surface area contributed by atoms with E-state index >= 15 is 0 Å². The lowest BCUT2D eigenvalue weighted by molar-refractivity contribution is -0.121. The first-order valence-electron chi connectivity index (χ1n) is 20.2. The van der Waals surface area contributed by atoms with Gasteiger partial charge in [0.25, 0.3) is 0 Å². The fourth-order valence-corrected chi connectivity index (χ4v) is 8.66. The van der Waals surface area contributed by atoms with Crippen LogP contribution in [-0.2, 0) is 30.3 Å². The lowest BCUT2D eigenvalue weighted by Crippen LogP contribution is -2.28. The van der Waals surface area contributed by atoms with E-state index in [1.165, 1.54) is 35.8 Å². The van der Waals surface area contributed by atoms with Gasteiger partial charge in [-0.25, -0.2) is 4.79 Å². The highest BCUT2D eigenvalue weighted by atomic mass is 35.5. The van der Waals surface area contributed by atoms with Crippen molar-refractivity contribution in [2.45, 2.75) is 85.6 Å². The minimum atomic E-state index is -0.326. The number of halogens is 1. The molecule has 310 valence electrons. The first-order valence-corrected chi connectivity index (χ1v) is 21.4. The third kappa shape index (κ3) is 13.5. The molecule has 57 heavy (non-hydrogen) atoms. The molecule has 6 rings (SSSR count). The Morgan fingerprint density at radius 2 is 1.54 bits per heavy atom. The minimum Gasteiger partial charge on any atom is -0.449 e. The summed E-state index contributed by atoms with van der Waals surface area (Å²) in [4.78, 5) is 40.6. The number of allylic oxidation sites excluding steroid dienone is 2. The van der Waals surface area contributed by atoms with Gasteiger partial charge in [0.2, 0.25) is 11.8 Å². The monoisotopic (exact) mass is 823 g/mol. The lowest BCUT2D eigenvalue weighted by Gasteiger charge is -2.09. The maximum atomic E-state index is 11.9. The van der Waals surface area contributed by atoms with Crippen molar-refractivity contribution < 1.29 is 28.6 Å². The van der Waals surface area contributed by atoms with E-state index in [2.05, 4.69) is 56.7 Å². The summed E-state index contributed by atoms with van der Waals surface area (Å²) in [6.45, 7) is 12.1. The molecule has 1 fully saturated rings. The molecule has 3 amide bonds. The van der Waals surface area contributed by atoms with Gasteiger partial charge in [-0.2, -0.15) is 0 Å². The van der Waals surface area contributed by atoms with E-state index in [4.69, 9.17) is 30.8 Å². The Hall–Kier alpha value is -4.11. The predicted octanol–water partition coefficient (Wildman–Crippen LogP) is 6.81. The number of fused-ring (bicyclic) bond motifs is 4. The highest BCUT2D eigenvalue weighted by Crippen LogP contribution is 2.52. The molecule has 1 saturated carbocycles. The number of aryl methyl sites for hydroxylation is 2. The number of unbranched alkanes of at least 4 members (excludes halogenated alkanes) is 2. The molecule has 2 aliphatic carbocycles. The molecule has 0 spiro atoms.